The quantitative estimate of drug-likeness (QED) is 0.841. The molecule has 0 aliphatic heterocycles. The van der Waals surface area contributed by atoms with E-state index in [1.165, 1.54) is 0 Å². The Balaban J connectivity index is 2.17. The molecule has 2 rings (SSSR count). The number of ether oxygens (including phenoxy) is 1. The number of benzene rings is 1. The van der Waals surface area contributed by atoms with E-state index >= 15 is 0 Å². The van der Waals surface area contributed by atoms with Crippen molar-refractivity contribution in [1.29, 1.82) is 0 Å². The molecule has 1 N–H and O–H groups in total. The molecular formula is C16H21N3O. The number of aromatic nitrogens is 2. The van der Waals surface area contributed by atoms with Gasteiger partial charge in [0.15, 0.2) is 0 Å². The standard InChI is InChI=1S/C16H21N3O/c1-3-11-20-14-7-5-13(6-8-14)16(18-4-2)15-12-17-9-10-19-15/h5-10,12,16,18H,3-4,11H2,1-2H3. The number of hydrogen-bond donors (Lipinski definition) is 1. The predicted octanol–water partition coefficient (Wildman–Crippen LogP) is 2.96. The van der Waals surface area contributed by atoms with E-state index in [0.29, 0.717) is 0 Å². The molecule has 0 saturated heterocycles. The third-order valence-electron chi connectivity index (χ3n) is 2.97. The highest BCUT2D eigenvalue weighted by Gasteiger charge is 2.14. The van der Waals surface area contributed by atoms with Crippen molar-refractivity contribution in [3.8, 4) is 5.75 Å². The molecule has 2 aromatic rings. The molecule has 0 fully saturated rings. The molecule has 1 unspecified atom stereocenters. The summed E-state index contributed by atoms with van der Waals surface area (Å²) in [6.07, 6.45) is 6.22. The Bertz CT molecular complexity index is 499. The summed E-state index contributed by atoms with van der Waals surface area (Å²) in [5.41, 5.74) is 2.09. The molecule has 20 heavy (non-hydrogen) atoms. The first-order valence-corrected chi connectivity index (χ1v) is 7.07. The number of rotatable bonds is 7. The van der Waals surface area contributed by atoms with Gasteiger partial charge >= 0.3 is 0 Å². The molecule has 1 aromatic carbocycles. The molecule has 0 amide bonds. The van der Waals surface area contributed by atoms with Crippen molar-refractivity contribution in [2.24, 2.45) is 0 Å². The zero-order valence-corrected chi connectivity index (χ0v) is 12.0. The highest BCUT2D eigenvalue weighted by molar-refractivity contribution is 5.32. The van der Waals surface area contributed by atoms with E-state index < -0.39 is 0 Å². The maximum absolute atomic E-state index is 5.61. The van der Waals surface area contributed by atoms with Crippen molar-refractivity contribution in [3.05, 3.63) is 54.1 Å². The van der Waals surface area contributed by atoms with Crippen molar-refractivity contribution in [3.63, 3.8) is 0 Å². The van der Waals surface area contributed by atoms with E-state index in [0.717, 1.165) is 36.6 Å². The summed E-state index contributed by atoms with van der Waals surface area (Å²) in [6, 6.07) is 8.23. The summed E-state index contributed by atoms with van der Waals surface area (Å²) >= 11 is 0. The second-order valence-electron chi connectivity index (χ2n) is 4.54. The fraction of sp³-hybridized carbons (Fsp3) is 0.375. The average molecular weight is 271 g/mol. The van der Waals surface area contributed by atoms with E-state index in [1.54, 1.807) is 18.6 Å². The average Bonchev–Trinajstić information content (AvgIpc) is 2.52. The van der Waals surface area contributed by atoms with Gasteiger partial charge in [-0.15, -0.1) is 0 Å². The minimum atomic E-state index is 0.0638. The van der Waals surface area contributed by atoms with Crippen LogP contribution in [0.5, 0.6) is 5.75 Å². The summed E-state index contributed by atoms with van der Waals surface area (Å²) in [5.74, 6) is 0.907. The van der Waals surface area contributed by atoms with Crippen LogP contribution in [0.4, 0.5) is 0 Å². The molecule has 0 saturated carbocycles. The zero-order valence-electron chi connectivity index (χ0n) is 12.0. The van der Waals surface area contributed by atoms with E-state index in [4.69, 9.17) is 4.74 Å². The van der Waals surface area contributed by atoms with E-state index in [-0.39, 0.29) is 6.04 Å². The van der Waals surface area contributed by atoms with Crippen LogP contribution in [-0.4, -0.2) is 23.1 Å². The molecule has 106 valence electrons. The lowest BCUT2D eigenvalue weighted by molar-refractivity contribution is 0.317. The van der Waals surface area contributed by atoms with E-state index in [9.17, 15) is 0 Å². The summed E-state index contributed by atoms with van der Waals surface area (Å²) in [7, 11) is 0. The lowest BCUT2D eigenvalue weighted by Gasteiger charge is -2.17. The normalized spacial score (nSPS) is 12.1. The SMILES string of the molecule is CCCOc1ccc(C(NCC)c2cnccn2)cc1. The Morgan fingerprint density at radius 3 is 2.55 bits per heavy atom. The van der Waals surface area contributed by atoms with E-state index in [2.05, 4.69) is 41.3 Å². The predicted molar refractivity (Wildman–Crippen MR) is 79.8 cm³/mol. The number of hydrogen-bond acceptors (Lipinski definition) is 4. The first-order valence-electron chi connectivity index (χ1n) is 7.07. The van der Waals surface area contributed by atoms with Gasteiger partial charge in [0.2, 0.25) is 0 Å². The fourth-order valence-electron chi connectivity index (χ4n) is 2.03. The Labute approximate surface area is 120 Å². The molecule has 0 aliphatic rings. The lowest BCUT2D eigenvalue weighted by Crippen LogP contribution is -2.23. The van der Waals surface area contributed by atoms with Gasteiger partial charge in [-0.3, -0.25) is 9.97 Å². The van der Waals surface area contributed by atoms with Gasteiger partial charge in [-0.2, -0.15) is 0 Å². The molecule has 4 heteroatoms. The van der Waals surface area contributed by atoms with Crippen LogP contribution in [0.1, 0.15) is 37.6 Å². The van der Waals surface area contributed by atoms with Crippen LogP contribution in [0.15, 0.2) is 42.9 Å². The third-order valence-corrected chi connectivity index (χ3v) is 2.97. The van der Waals surface area contributed by atoms with Crippen molar-refractivity contribution in [2.45, 2.75) is 26.3 Å². The third kappa shape index (κ3) is 3.78. The van der Waals surface area contributed by atoms with Gasteiger partial charge in [0.1, 0.15) is 5.75 Å². The van der Waals surface area contributed by atoms with Gasteiger partial charge in [-0.25, -0.2) is 0 Å². The second-order valence-corrected chi connectivity index (χ2v) is 4.54. The topological polar surface area (TPSA) is 47.0 Å². The number of nitrogens with zero attached hydrogens (tertiary/aromatic N) is 2. The van der Waals surface area contributed by atoms with Crippen LogP contribution in [0.2, 0.25) is 0 Å². The van der Waals surface area contributed by atoms with Crippen molar-refractivity contribution in [1.82, 2.24) is 15.3 Å². The monoisotopic (exact) mass is 271 g/mol. The van der Waals surface area contributed by atoms with Crippen LogP contribution in [0.25, 0.3) is 0 Å². The molecule has 4 nitrogen and oxygen atoms in total. The largest absolute Gasteiger partial charge is 0.494 e. The molecule has 1 heterocycles. The van der Waals surface area contributed by atoms with Gasteiger partial charge in [0.25, 0.3) is 0 Å². The number of nitrogens with one attached hydrogen (secondary N) is 1. The minimum Gasteiger partial charge on any atom is -0.494 e. The highest BCUT2D eigenvalue weighted by Crippen LogP contribution is 2.22. The van der Waals surface area contributed by atoms with E-state index in [1.807, 2.05) is 12.1 Å². The fourth-order valence-corrected chi connectivity index (χ4v) is 2.03. The molecule has 0 radical (unpaired) electrons. The van der Waals surface area contributed by atoms with Crippen LogP contribution in [0.3, 0.4) is 0 Å². The molecular weight excluding hydrogens is 250 g/mol. The summed E-state index contributed by atoms with van der Waals surface area (Å²) in [4.78, 5) is 8.53. The van der Waals surface area contributed by atoms with Crippen LogP contribution in [-0.2, 0) is 0 Å². The molecule has 0 aliphatic carbocycles. The summed E-state index contributed by atoms with van der Waals surface area (Å²) in [5, 5.41) is 3.43. The molecule has 0 spiro atoms. The van der Waals surface area contributed by atoms with Crippen LogP contribution in [0, 0.1) is 0 Å². The Morgan fingerprint density at radius 2 is 1.95 bits per heavy atom. The Morgan fingerprint density at radius 1 is 1.15 bits per heavy atom. The molecule has 0 bridgehead atoms. The Hall–Kier alpha value is -1.94. The van der Waals surface area contributed by atoms with Crippen LogP contribution < -0.4 is 10.1 Å². The van der Waals surface area contributed by atoms with Gasteiger partial charge in [0.05, 0.1) is 24.5 Å². The van der Waals surface area contributed by atoms with Gasteiger partial charge in [-0.05, 0) is 30.7 Å². The summed E-state index contributed by atoms with van der Waals surface area (Å²) < 4.78 is 5.61. The first-order chi connectivity index (χ1) is 9.85. The lowest BCUT2D eigenvalue weighted by atomic mass is 10.0. The minimum absolute atomic E-state index is 0.0638. The second kappa shape index (κ2) is 7.60. The van der Waals surface area contributed by atoms with Crippen molar-refractivity contribution < 1.29 is 4.74 Å². The molecule has 1 aromatic heterocycles. The maximum Gasteiger partial charge on any atom is 0.119 e. The maximum atomic E-state index is 5.61. The highest BCUT2D eigenvalue weighted by atomic mass is 16.5. The van der Waals surface area contributed by atoms with Gasteiger partial charge < -0.3 is 10.1 Å². The Kier molecular flexibility index (Phi) is 5.50. The zero-order chi connectivity index (χ0) is 14.2. The van der Waals surface area contributed by atoms with Gasteiger partial charge in [-0.1, -0.05) is 26.0 Å². The van der Waals surface area contributed by atoms with Crippen molar-refractivity contribution >= 4 is 0 Å². The van der Waals surface area contributed by atoms with Crippen molar-refractivity contribution in [2.75, 3.05) is 13.2 Å². The molecule has 1 atom stereocenters. The smallest absolute Gasteiger partial charge is 0.119 e. The first kappa shape index (κ1) is 14.5. The van der Waals surface area contributed by atoms with Gasteiger partial charge in [0, 0.05) is 12.4 Å². The summed E-state index contributed by atoms with van der Waals surface area (Å²) in [6.45, 7) is 5.81. The van der Waals surface area contributed by atoms with Crippen LogP contribution >= 0.6 is 0 Å².